The van der Waals surface area contributed by atoms with E-state index < -0.39 is 6.10 Å². The average molecular weight is 829 g/mol. The molecule has 0 radical (unpaired) electrons. The van der Waals surface area contributed by atoms with E-state index in [2.05, 4.69) is 57.2 Å². The summed E-state index contributed by atoms with van der Waals surface area (Å²) in [5.74, 6) is -0.878. The SMILES string of the molecule is CCCCC/C=C\C/C=C\C/C=C\CCCCCCCCC(=O)OC[C@@H](COC(=O)CCCCCCCCCCCC)OC(=O)CCCCCCCCCCCCCC. The topological polar surface area (TPSA) is 78.9 Å². The Morgan fingerprint density at radius 1 is 0.339 bits per heavy atom. The Morgan fingerprint density at radius 2 is 0.610 bits per heavy atom. The molecule has 0 saturated carbocycles. The highest BCUT2D eigenvalue weighted by Gasteiger charge is 2.19. The third kappa shape index (κ3) is 46.5. The lowest BCUT2D eigenvalue weighted by atomic mass is 10.0. The van der Waals surface area contributed by atoms with Crippen LogP contribution in [0.1, 0.15) is 265 Å². The van der Waals surface area contributed by atoms with Gasteiger partial charge in [0.05, 0.1) is 0 Å². The van der Waals surface area contributed by atoms with Crippen LogP contribution in [0.25, 0.3) is 0 Å². The number of allylic oxidation sites excluding steroid dienone is 6. The molecule has 6 nitrogen and oxygen atoms in total. The normalized spacial score (nSPS) is 12.3. The van der Waals surface area contributed by atoms with Crippen molar-refractivity contribution in [1.29, 1.82) is 0 Å². The molecule has 59 heavy (non-hydrogen) atoms. The second-order valence-electron chi connectivity index (χ2n) is 17.1. The summed E-state index contributed by atoms with van der Waals surface area (Å²) in [6, 6.07) is 0. The highest BCUT2D eigenvalue weighted by atomic mass is 16.6. The van der Waals surface area contributed by atoms with Crippen LogP contribution < -0.4 is 0 Å². The van der Waals surface area contributed by atoms with E-state index in [4.69, 9.17) is 14.2 Å². The van der Waals surface area contributed by atoms with Crippen LogP contribution in [0, 0.1) is 0 Å². The van der Waals surface area contributed by atoms with Gasteiger partial charge in [-0.2, -0.15) is 0 Å². The number of hydrogen-bond acceptors (Lipinski definition) is 6. The molecule has 0 N–H and O–H groups in total. The number of unbranched alkanes of at least 4 members (excludes halogenated alkanes) is 29. The van der Waals surface area contributed by atoms with Crippen molar-refractivity contribution in [1.82, 2.24) is 0 Å². The van der Waals surface area contributed by atoms with E-state index in [1.807, 2.05) is 0 Å². The first-order valence-corrected chi connectivity index (χ1v) is 25.5. The number of carbonyl (C=O) groups excluding carboxylic acids is 3. The maximum atomic E-state index is 12.7. The Bertz CT molecular complexity index is 1000. The molecule has 0 bridgehead atoms. The van der Waals surface area contributed by atoms with E-state index in [0.29, 0.717) is 19.3 Å². The molecule has 0 aliphatic carbocycles. The van der Waals surface area contributed by atoms with Crippen LogP contribution in [-0.2, 0) is 28.6 Å². The van der Waals surface area contributed by atoms with Gasteiger partial charge >= 0.3 is 17.9 Å². The summed E-state index contributed by atoms with van der Waals surface area (Å²) in [7, 11) is 0. The van der Waals surface area contributed by atoms with Gasteiger partial charge in [0.15, 0.2) is 6.10 Å². The lowest BCUT2D eigenvalue weighted by molar-refractivity contribution is -0.167. The van der Waals surface area contributed by atoms with Gasteiger partial charge in [-0.15, -0.1) is 0 Å². The number of ether oxygens (including phenoxy) is 3. The monoisotopic (exact) mass is 829 g/mol. The summed E-state index contributed by atoms with van der Waals surface area (Å²) < 4.78 is 16.8. The first kappa shape index (κ1) is 56.6. The van der Waals surface area contributed by atoms with Crippen molar-refractivity contribution in [3.05, 3.63) is 36.5 Å². The van der Waals surface area contributed by atoms with Crippen LogP contribution in [0.5, 0.6) is 0 Å². The predicted octanol–water partition coefficient (Wildman–Crippen LogP) is 16.5. The second kappa shape index (κ2) is 48.3. The van der Waals surface area contributed by atoms with Gasteiger partial charge in [0.1, 0.15) is 13.2 Å². The minimum absolute atomic E-state index is 0.0726. The Hall–Kier alpha value is -2.37. The summed E-state index contributed by atoms with van der Waals surface area (Å²) in [6.07, 6.45) is 55.5. The zero-order chi connectivity index (χ0) is 43.0. The highest BCUT2D eigenvalue weighted by molar-refractivity contribution is 5.71. The van der Waals surface area contributed by atoms with Crippen LogP contribution in [0.3, 0.4) is 0 Å². The Morgan fingerprint density at radius 3 is 0.983 bits per heavy atom. The van der Waals surface area contributed by atoms with E-state index in [9.17, 15) is 14.4 Å². The largest absolute Gasteiger partial charge is 0.462 e. The molecule has 6 heteroatoms. The molecule has 0 saturated heterocycles. The minimum Gasteiger partial charge on any atom is -0.462 e. The van der Waals surface area contributed by atoms with Crippen LogP contribution in [0.4, 0.5) is 0 Å². The lowest BCUT2D eigenvalue weighted by Crippen LogP contribution is -2.30. The van der Waals surface area contributed by atoms with Crippen molar-refractivity contribution < 1.29 is 28.6 Å². The van der Waals surface area contributed by atoms with Crippen molar-refractivity contribution in [2.24, 2.45) is 0 Å². The molecule has 0 aliphatic rings. The number of rotatable bonds is 46. The highest BCUT2D eigenvalue weighted by Crippen LogP contribution is 2.15. The second-order valence-corrected chi connectivity index (χ2v) is 17.1. The van der Waals surface area contributed by atoms with Crippen LogP contribution in [0.2, 0.25) is 0 Å². The van der Waals surface area contributed by atoms with E-state index in [0.717, 1.165) is 77.0 Å². The van der Waals surface area contributed by atoms with Gasteiger partial charge in [0, 0.05) is 19.3 Å². The minimum atomic E-state index is -0.771. The van der Waals surface area contributed by atoms with Crippen molar-refractivity contribution >= 4 is 17.9 Å². The molecule has 0 aliphatic heterocycles. The molecule has 1 atom stereocenters. The van der Waals surface area contributed by atoms with Gasteiger partial charge in [-0.3, -0.25) is 14.4 Å². The van der Waals surface area contributed by atoms with Gasteiger partial charge in [0.2, 0.25) is 0 Å². The molecule has 0 fully saturated rings. The third-order valence-corrected chi connectivity index (χ3v) is 11.1. The summed E-state index contributed by atoms with van der Waals surface area (Å²) >= 11 is 0. The van der Waals surface area contributed by atoms with Crippen molar-refractivity contribution in [3.63, 3.8) is 0 Å². The molecule has 0 aromatic rings. The Labute approximate surface area is 365 Å². The fourth-order valence-corrected chi connectivity index (χ4v) is 7.27. The van der Waals surface area contributed by atoms with Gasteiger partial charge < -0.3 is 14.2 Å². The fraction of sp³-hybridized carbons (Fsp3) is 0.830. The molecule has 0 aromatic heterocycles. The van der Waals surface area contributed by atoms with E-state index >= 15 is 0 Å². The third-order valence-electron chi connectivity index (χ3n) is 11.1. The molecule has 0 amide bonds. The van der Waals surface area contributed by atoms with Gasteiger partial charge in [-0.1, -0.05) is 224 Å². The summed E-state index contributed by atoms with van der Waals surface area (Å²) in [6.45, 7) is 6.60. The lowest BCUT2D eigenvalue weighted by Gasteiger charge is -2.18. The molecular weight excluding hydrogens is 733 g/mol. The number of hydrogen-bond donors (Lipinski definition) is 0. The first-order valence-electron chi connectivity index (χ1n) is 25.5. The number of carbonyl (C=O) groups is 3. The van der Waals surface area contributed by atoms with Gasteiger partial charge in [-0.05, 0) is 57.8 Å². The number of esters is 3. The molecule has 344 valence electrons. The zero-order valence-electron chi connectivity index (χ0n) is 39.3. The van der Waals surface area contributed by atoms with Crippen molar-refractivity contribution in [2.75, 3.05) is 13.2 Å². The summed E-state index contributed by atoms with van der Waals surface area (Å²) in [4.78, 5) is 37.8. The molecular formula is C53H96O6. The van der Waals surface area contributed by atoms with E-state index in [1.54, 1.807) is 0 Å². The molecule has 0 spiro atoms. The molecule has 0 rings (SSSR count). The smallest absolute Gasteiger partial charge is 0.306 e. The first-order chi connectivity index (χ1) is 29.0. The molecule has 0 aromatic carbocycles. The van der Waals surface area contributed by atoms with Crippen LogP contribution in [-0.4, -0.2) is 37.2 Å². The average Bonchev–Trinajstić information content (AvgIpc) is 3.23. The van der Waals surface area contributed by atoms with E-state index in [-0.39, 0.29) is 31.1 Å². The van der Waals surface area contributed by atoms with Crippen molar-refractivity contribution in [2.45, 2.75) is 271 Å². The van der Waals surface area contributed by atoms with Gasteiger partial charge in [0.25, 0.3) is 0 Å². The van der Waals surface area contributed by atoms with Crippen LogP contribution >= 0.6 is 0 Å². The molecule has 0 heterocycles. The maximum absolute atomic E-state index is 12.7. The van der Waals surface area contributed by atoms with Gasteiger partial charge in [-0.25, -0.2) is 0 Å². The quantitative estimate of drug-likeness (QED) is 0.0263. The summed E-state index contributed by atoms with van der Waals surface area (Å²) in [5.41, 5.74) is 0. The summed E-state index contributed by atoms with van der Waals surface area (Å²) in [5, 5.41) is 0. The van der Waals surface area contributed by atoms with Crippen LogP contribution in [0.15, 0.2) is 36.5 Å². The standard InChI is InChI=1S/C53H96O6/c1-4-7-10-13-16-19-22-24-25-26-27-28-29-30-32-34-37-40-43-46-52(55)58-49-50(48-57-51(54)45-42-39-36-33-21-18-15-12-9-6-3)59-53(56)47-44-41-38-35-31-23-20-17-14-11-8-5-2/h16,19,24-25,27-28,50H,4-15,17-18,20-23,26,29-49H2,1-3H3/b19-16-,25-24-,28-27-/t50-/m1/s1. The fourth-order valence-electron chi connectivity index (χ4n) is 7.27. The van der Waals surface area contributed by atoms with Crippen molar-refractivity contribution in [3.8, 4) is 0 Å². The Kier molecular flexibility index (Phi) is 46.4. The molecule has 0 unspecified atom stereocenters. The maximum Gasteiger partial charge on any atom is 0.306 e. The predicted molar refractivity (Wildman–Crippen MR) is 252 cm³/mol. The van der Waals surface area contributed by atoms with E-state index in [1.165, 1.54) is 148 Å². The zero-order valence-corrected chi connectivity index (χ0v) is 39.3. The Balaban J connectivity index is 4.32.